The molecule has 0 bridgehead atoms. The minimum absolute atomic E-state index is 0.0731. The lowest BCUT2D eigenvalue weighted by Crippen LogP contribution is -2.28. The van der Waals surface area contributed by atoms with E-state index in [2.05, 4.69) is 97.9 Å². The van der Waals surface area contributed by atoms with E-state index in [0.29, 0.717) is 5.92 Å². The molecule has 1 aromatic rings. The predicted molar refractivity (Wildman–Crippen MR) is 126 cm³/mol. The SMILES string of the molecule is CC.C\C=C/C(=C(C)\C=C\CC)C(CC)(CC)c1cc(C(C)C)ccc1C. The summed E-state index contributed by atoms with van der Waals surface area (Å²) >= 11 is 0. The second kappa shape index (κ2) is 12.8. The largest absolute Gasteiger partial charge is 0.0873 e. The molecule has 0 saturated heterocycles. The topological polar surface area (TPSA) is 0 Å². The summed E-state index contributed by atoms with van der Waals surface area (Å²) in [5.41, 5.74) is 7.27. The quantitative estimate of drug-likeness (QED) is 0.401. The number of hydrogen-bond acceptors (Lipinski definition) is 0. The van der Waals surface area contributed by atoms with E-state index in [1.807, 2.05) is 13.8 Å². The van der Waals surface area contributed by atoms with Gasteiger partial charge in [0, 0.05) is 5.41 Å². The molecule has 0 saturated carbocycles. The van der Waals surface area contributed by atoms with Crippen LogP contribution < -0.4 is 0 Å². The number of allylic oxidation sites excluding steroid dienone is 6. The zero-order valence-electron chi connectivity index (χ0n) is 19.7. The maximum atomic E-state index is 2.47. The van der Waals surface area contributed by atoms with Crippen LogP contribution in [0.5, 0.6) is 0 Å². The van der Waals surface area contributed by atoms with Crippen LogP contribution in [0.1, 0.15) is 104 Å². The summed E-state index contributed by atoms with van der Waals surface area (Å²) in [5, 5.41) is 0. The smallest absolute Gasteiger partial charge is 0.0202 e. The van der Waals surface area contributed by atoms with Crippen molar-refractivity contribution in [2.75, 3.05) is 0 Å². The fraction of sp³-hybridized carbons (Fsp3) is 0.556. The van der Waals surface area contributed by atoms with E-state index < -0.39 is 0 Å². The first kappa shape index (κ1) is 25.4. The van der Waals surface area contributed by atoms with Gasteiger partial charge >= 0.3 is 0 Å². The van der Waals surface area contributed by atoms with E-state index in [0.717, 1.165) is 19.3 Å². The minimum Gasteiger partial charge on any atom is -0.0873 e. The van der Waals surface area contributed by atoms with E-state index in [1.165, 1.54) is 27.8 Å². The standard InChI is InChI=1S/C25H38.C2H6/c1-9-13-15-20(7)23(14-10-2)25(11-3,12-4)24-18-22(19(5)6)17-16-21(24)8;1-2/h10,13-19H,9,11-12H2,1-8H3;1-2H3/b14-10-,15-13+,23-20+;. The van der Waals surface area contributed by atoms with Crippen molar-refractivity contribution in [2.45, 2.75) is 99.8 Å². The van der Waals surface area contributed by atoms with Gasteiger partial charge in [0.05, 0.1) is 0 Å². The fourth-order valence-electron chi connectivity index (χ4n) is 3.89. The highest BCUT2D eigenvalue weighted by atomic mass is 14.4. The van der Waals surface area contributed by atoms with E-state index in [4.69, 9.17) is 0 Å². The van der Waals surface area contributed by atoms with Crippen molar-refractivity contribution in [3.63, 3.8) is 0 Å². The molecule has 0 unspecified atom stereocenters. The molecule has 0 N–H and O–H groups in total. The summed E-state index contributed by atoms with van der Waals surface area (Å²) in [6.45, 7) is 22.1. The molecule has 0 heteroatoms. The Morgan fingerprint density at radius 2 is 1.63 bits per heavy atom. The van der Waals surface area contributed by atoms with Gasteiger partial charge in [-0.05, 0) is 73.8 Å². The van der Waals surface area contributed by atoms with Crippen LogP contribution in [0.4, 0.5) is 0 Å². The molecule has 0 aromatic heterocycles. The van der Waals surface area contributed by atoms with E-state index in [-0.39, 0.29) is 5.41 Å². The molecule has 0 heterocycles. The second-order valence-corrected chi connectivity index (χ2v) is 7.43. The highest BCUT2D eigenvalue weighted by Crippen LogP contribution is 2.43. The molecular weight excluding hydrogens is 324 g/mol. The van der Waals surface area contributed by atoms with Crippen LogP contribution in [0.3, 0.4) is 0 Å². The second-order valence-electron chi connectivity index (χ2n) is 7.43. The van der Waals surface area contributed by atoms with E-state index in [1.54, 1.807) is 0 Å². The van der Waals surface area contributed by atoms with E-state index in [9.17, 15) is 0 Å². The van der Waals surface area contributed by atoms with Crippen LogP contribution in [0, 0.1) is 6.92 Å². The maximum Gasteiger partial charge on any atom is 0.0202 e. The Balaban J connectivity index is 0.00000326. The first-order chi connectivity index (χ1) is 12.9. The van der Waals surface area contributed by atoms with Gasteiger partial charge in [-0.1, -0.05) is 91.0 Å². The number of benzene rings is 1. The third kappa shape index (κ3) is 6.23. The summed E-state index contributed by atoms with van der Waals surface area (Å²) < 4.78 is 0. The molecule has 0 aliphatic heterocycles. The van der Waals surface area contributed by atoms with Crippen molar-refractivity contribution in [1.29, 1.82) is 0 Å². The predicted octanol–water partition coefficient (Wildman–Crippen LogP) is 9.06. The molecule has 1 aromatic carbocycles. The Labute approximate surface area is 170 Å². The lowest BCUT2D eigenvalue weighted by molar-refractivity contribution is 0.471. The van der Waals surface area contributed by atoms with Crippen molar-refractivity contribution >= 4 is 0 Å². The number of aryl methyl sites for hydroxylation is 1. The summed E-state index contributed by atoms with van der Waals surface area (Å²) in [4.78, 5) is 0. The Bertz CT molecular complexity index is 634. The fourth-order valence-corrected chi connectivity index (χ4v) is 3.89. The van der Waals surface area contributed by atoms with Crippen LogP contribution in [-0.4, -0.2) is 0 Å². The van der Waals surface area contributed by atoms with Crippen molar-refractivity contribution in [1.82, 2.24) is 0 Å². The highest BCUT2D eigenvalue weighted by molar-refractivity contribution is 5.50. The Morgan fingerprint density at radius 3 is 2.07 bits per heavy atom. The van der Waals surface area contributed by atoms with Crippen LogP contribution in [0.15, 0.2) is 53.6 Å². The third-order valence-corrected chi connectivity index (χ3v) is 5.53. The van der Waals surface area contributed by atoms with Crippen molar-refractivity contribution in [3.8, 4) is 0 Å². The lowest BCUT2D eigenvalue weighted by atomic mass is 9.66. The monoisotopic (exact) mass is 368 g/mol. The summed E-state index contributed by atoms with van der Waals surface area (Å²) in [7, 11) is 0. The Hall–Kier alpha value is -1.56. The van der Waals surface area contributed by atoms with Gasteiger partial charge in [-0.25, -0.2) is 0 Å². The van der Waals surface area contributed by atoms with Crippen LogP contribution in [0.25, 0.3) is 0 Å². The molecule has 0 fully saturated rings. The molecular formula is C27H44. The van der Waals surface area contributed by atoms with Gasteiger partial charge in [-0.15, -0.1) is 0 Å². The highest BCUT2D eigenvalue weighted by Gasteiger charge is 2.34. The first-order valence-electron chi connectivity index (χ1n) is 11.0. The third-order valence-electron chi connectivity index (χ3n) is 5.53. The molecule has 0 nitrogen and oxygen atoms in total. The van der Waals surface area contributed by atoms with Gasteiger partial charge < -0.3 is 0 Å². The van der Waals surface area contributed by atoms with Crippen molar-refractivity contribution < 1.29 is 0 Å². The van der Waals surface area contributed by atoms with Gasteiger partial charge in [0.15, 0.2) is 0 Å². The van der Waals surface area contributed by atoms with Crippen LogP contribution in [-0.2, 0) is 5.41 Å². The minimum atomic E-state index is 0.0731. The lowest BCUT2D eigenvalue weighted by Gasteiger charge is -2.37. The zero-order chi connectivity index (χ0) is 21.0. The van der Waals surface area contributed by atoms with Crippen LogP contribution in [0.2, 0.25) is 0 Å². The molecule has 0 atom stereocenters. The first-order valence-corrected chi connectivity index (χ1v) is 11.0. The van der Waals surface area contributed by atoms with Gasteiger partial charge in [0.1, 0.15) is 0 Å². The van der Waals surface area contributed by atoms with Gasteiger partial charge in [-0.3, -0.25) is 0 Å². The normalized spacial score (nSPS) is 13.1. The molecule has 0 spiro atoms. The number of rotatable bonds is 8. The van der Waals surface area contributed by atoms with Gasteiger partial charge in [0.25, 0.3) is 0 Å². The average Bonchev–Trinajstić information content (AvgIpc) is 2.69. The molecule has 0 aliphatic carbocycles. The zero-order valence-corrected chi connectivity index (χ0v) is 19.7. The molecule has 152 valence electrons. The van der Waals surface area contributed by atoms with Crippen molar-refractivity contribution in [3.05, 3.63) is 70.3 Å². The van der Waals surface area contributed by atoms with Crippen molar-refractivity contribution in [2.24, 2.45) is 0 Å². The summed E-state index contributed by atoms with van der Waals surface area (Å²) in [6.07, 6.45) is 12.4. The molecule has 0 radical (unpaired) electrons. The molecule has 27 heavy (non-hydrogen) atoms. The molecule has 0 aliphatic rings. The molecule has 0 amide bonds. The summed E-state index contributed by atoms with van der Waals surface area (Å²) in [6, 6.07) is 7.07. The van der Waals surface area contributed by atoms with Gasteiger partial charge in [-0.2, -0.15) is 0 Å². The number of hydrogen-bond donors (Lipinski definition) is 0. The maximum absolute atomic E-state index is 2.47. The average molecular weight is 369 g/mol. The van der Waals surface area contributed by atoms with Crippen LogP contribution >= 0.6 is 0 Å². The Morgan fingerprint density at radius 1 is 1.04 bits per heavy atom. The summed E-state index contributed by atoms with van der Waals surface area (Å²) in [5.74, 6) is 0.556. The van der Waals surface area contributed by atoms with Gasteiger partial charge in [0.2, 0.25) is 0 Å². The van der Waals surface area contributed by atoms with E-state index >= 15 is 0 Å². The Kier molecular flexibility index (Phi) is 12.0. The molecule has 1 rings (SSSR count).